The van der Waals surface area contributed by atoms with Crippen molar-refractivity contribution in [3.8, 4) is 6.07 Å². The fourth-order valence-electron chi connectivity index (χ4n) is 3.64. The zero-order valence-corrected chi connectivity index (χ0v) is 14.9. The second-order valence-electron chi connectivity index (χ2n) is 6.51. The summed E-state index contributed by atoms with van der Waals surface area (Å²) in [7, 11) is 0. The van der Waals surface area contributed by atoms with E-state index in [1.54, 1.807) is 11.3 Å². The highest BCUT2D eigenvalue weighted by molar-refractivity contribution is 7.16. The van der Waals surface area contributed by atoms with Crippen LogP contribution >= 0.6 is 11.3 Å². The Hall–Kier alpha value is -2.58. The van der Waals surface area contributed by atoms with Crippen molar-refractivity contribution < 1.29 is 4.79 Å². The lowest BCUT2D eigenvalue weighted by Gasteiger charge is -2.10. The summed E-state index contributed by atoms with van der Waals surface area (Å²) in [6.07, 6.45) is 4.26. The quantitative estimate of drug-likeness (QED) is 0.762. The molecule has 0 spiro atoms. The summed E-state index contributed by atoms with van der Waals surface area (Å²) in [5, 5.41) is 14.4. The summed E-state index contributed by atoms with van der Waals surface area (Å²) in [6, 6.07) is 12.5. The van der Waals surface area contributed by atoms with Gasteiger partial charge in [-0.2, -0.15) is 5.26 Å². The molecular weight excluding hydrogens is 330 g/mol. The number of aryl methyl sites for hydroxylation is 2. The lowest BCUT2D eigenvalue weighted by molar-refractivity contribution is -0.116. The van der Waals surface area contributed by atoms with Gasteiger partial charge in [-0.15, -0.1) is 11.3 Å². The molecule has 1 aliphatic rings. The van der Waals surface area contributed by atoms with E-state index in [-0.39, 0.29) is 12.5 Å². The maximum absolute atomic E-state index is 12.6. The first kappa shape index (κ1) is 15.9. The van der Waals surface area contributed by atoms with Gasteiger partial charge < -0.3 is 9.88 Å². The minimum atomic E-state index is -0.0838. The van der Waals surface area contributed by atoms with Crippen LogP contribution in [-0.2, 0) is 24.2 Å². The third kappa shape index (κ3) is 2.83. The SMILES string of the molecule is Cc1cc2ccccc2n1CC(=O)Nc1sc2c(c1C#N)CCCC2. The minimum absolute atomic E-state index is 0.0838. The van der Waals surface area contributed by atoms with Gasteiger partial charge in [0, 0.05) is 16.1 Å². The van der Waals surface area contributed by atoms with E-state index in [2.05, 4.69) is 23.5 Å². The van der Waals surface area contributed by atoms with Crippen LogP contribution in [0.1, 0.15) is 34.5 Å². The van der Waals surface area contributed by atoms with Gasteiger partial charge in [0.15, 0.2) is 0 Å². The number of nitrogens with zero attached hydrogens (tertiary/aromatic N) is 2. The van der Waals surface area contributed by atoms with Crippen molar-refractivity contribution >= 4 is 33.1 Å². The van der Waals surface area contributed by atoms with Crippen LogP contribution < -0.4 is 5.32 Å². The number of fused-ring (bicyclic) bond motifs is 2. The van der Waals surface area contributed by atoms with E-state index in [1.165, 1.54) is 11.3 Å². The molecule has 0 aliphatic heterocycles. The molecule has 126 valence electrons. The second-order valence-corrected chi connectivity index (χ2v) is 7.61. The Morgan fingerprint density at radius 1 is 1.32 bits per heavy atom. The number of amides is 1. The third-order valence-corrected chi connectivity index (χ3v) is 6.06. The number of nitriles is 1. The van der Waals surface area contributed by atoms with Crippen LogP contribution in [0.3, 0.4) is 0 Å². The zero-order chi connectivity index (χ0) is 17.4. The molecule has 4 rings (SSSR count). The van der Waals surface area contributed by atoms with Crippen LogP contribution in [-0.4, -0.2) is 10.5 Å². The van der Waals surface area contributed by atoms with Gasteiger partial charge in [0.1, 0.15) is 17.6 Å². The van der Waals surface area contributed by atoms with Crippen LogP contribution in [0, 0.1) is 18.3 Å². The van der Waals surface area contributed by atoms with Gasteiger partial charge in [0.05, 0.1) is 5.56 Å². The number of anilines is 1. The Labute approximate surface area is 150 Å². The molecule has 2 heterocycles. The molecule has 0 unspecified atom stereocenters. The maximum atomic E-state index is 12.6. The van der Waals surface area contributed by atoms with Crippen molar-refractivity contribution in [2.75, 3.05) is 5.32 Å². The smallest absolute Gasteiger partial charge is 0.244 e. The van der Waals surface area contributed by atoms with Crippen molar-refractivity contribution in [2.24, 2.45) is 0 Å². The van der Waals surface area contributed by atoms with Crippen molar-refractivity contribution in [1.82, 2.24) is 4.57 Å². The van der Waals surface area contributed by atoms with Crippen molar-refractivity contribution in [2.45, 2.75) is 39.2 Å². The Morgan fingerprint density at radius 3 is 2.96 bits per heavy atom. The molecule has 0 saturated heterocycles. The van der Waals surface area contributed by atoms with Crippen LogP contribution in [0.5, 0.6) is 0 Å². The normalized spacial score (nSPS) is 13.4. The number of carbonyl (C=O) groups excluding carboxylic acids is 1. The lowest BCUT2D eigenvalue weighted by Crippen LogP contribution is -2.19. The summed E-state index contributed by atoms with van der Waals surface area (Å²) < 4.78 is 2.02. The number of carbonyl (C=O) groups is 1. The first-order valence-corrected chi connectivity index (χ1v) is 9.38. The number of para-hydroxylation sites is 1. The zero-order valence-electron chi connectivity index (χ0n) is 14.1. The molecule has 0 atom stereocenters. The summed E-state index contributed by atoms with van der Waals surface area (Å²) in [5.41, 5.74) is 3.93. The van der Waals surface area contributed by atoms with Gasteiger partial charge in [-0.25, -0.2) is 0 Å². The van der Waals surface area contributed by atoms with Gasteiger partial charge in [-0.1, -0.05) is 18.2 Å². The van der Waals surface area contributed by atoms with Crippen molar-refractivity contribution in [1.29, 1.82) is 5.26 Å². The van der Waals surface area contributed by atoms with Gasteiger partial charge >= 0.3 is 0 Å². The summed E-state index contributed by atoms with van der Waals surface area (Å²) in [5.74, 6) is -0.0838. The number of nitrogens with one attached hydrogen (secondary N) is 1. The highest BCUT2D eigenvalue weighted by Gasteiger charge is 2.22. The van der Waals surface area contributed by atoms with Crippen LogP contribution in [0.4, 0.5) is 5.00 Å². The number of hydrogen-bond acceptors (Lipinski definition) is 3. The second kappa shape index (κ2) is 6.38. The molecule has 2 aromatic heterocycles. The van der Waals surface area contributed by atoms with E-state index in [9.17, 15) is 10.1 Å². The predicted octanol–water partition coefficient (Wildman–Crippen LogP) is 4.40. The average Bonchev–Trinajstić information content (AvgIpc) is 3.12. The van der Waals surface area contributed by atoms with Crippen molar-refractivity contribution in [3.63, 3.8) is 0 Å². The number of hydrogen-bond donors (Lipinski definition) is 1. The van der Waals surface area contributed by atoms with E-state index in [0.29, 0.717) is 10.6 Å². The Morgan fingerprint density at radius 2 is 2.12 bits per heavy atom. The Bertz CT molecular complexity index is 1010. The van der Waals surface area contributed by atoms with Crippen molar-refractivity contribution in [3.05, 3.63) is 52.0 Å². The summed E-state index contributed by atoms with van der Waals surface area (Å²) >= 11 is 1.57. The first-order chi connectivity index (χ1) is 12.2. The van der Waals surface area contributed by atoms with E-state index in [0.717, 1.165) is 41.4 Å². The molecule has 5 heteroatoms. The molecular formula is C20H19N3OS. The van der Waals surface area contributed by atoms with E-state index in [4.69, 9.17) is 0 Å². The standard InChI is InChI=1S/C20H19N3OS/c1-13-10-14-6-2-4-8-17(14)23(13)12-19(24)22-20-16(11-21)15-7-3-5-9-18(15)25-20/h2,4,6,8,10H,3,5,7,9,12H2,1H3,(H,22,24). The molecule has 4 nitrogen and oxygen atoms in total. The highest BCUT2D eigenvalue weighted by atomic mass is 32.1. The monoisotopic (exact) mass is 349 g/mol. The van der Waals surface area contributed by atoms with Crippen LogP contribution in [0.2, 0.25) is 0 Å². The fourth-order valence-corrected chi connectivity index (χ4v) is 4.90. The molecule has 1 aromatic carbocycles. The molecule has 3 aromatic rings. The molecule has 0 bridgehead atoms. The van der Waals surface area contributed by atoms with Gasteiger partial charge in [-0.3, -0.25) is 4.79 Å². The van der Waals surface area contributed by atoms with Gasteiger partial charge in [-0.05, 0) is 55.7 Å². The van der Waals surface area contributed by atoms with E-state index >= 15 is 0 Å². The van der Waals surface area contributed by atoms with Crippen LogP contribution in [0.15, 0.2) is 30.3 Å². The molecule has 0 fully saturated rings. The number of thiophene rings is 1. The van der Waals surface area contributed by atoms with E-state index in [1.807, 2.05) is 29.7 Å². The average molecular weight is 349 g/mol. The minimum Gasteiger partial charge on any atom is -0.335 e. The topological polar surface area (TPSA) is 57.8 Å². The fraction of sp³-hybridized carbons (Fsp3) is 0.300. The molecule has 1 amide bonds. The highest BCUT2D eigenvalue weighted by Crippen LogP contribution is 2.37. The Kier molecular flexibility index (Phi) is 4.06. The van der Waals surface area contributed by atoms with Crippen LogP contribution in [0.25, 0.3) is 10.9 Å². The lowest BCUT2D eigenvalue weighted by atomic mass is 9.96. The third-order valence-electron chi connectivity index (χ3n) is 4.86. The largest absolute Gasteiger partial charge is 0.335 e. The summed E-state index contributed by atoms with van der Waals surface area (Å²) in [4.78, 5) is 13.9. The number of benzene rings is 1. The molecule has 0 radical (unpaired) electrons. The first-order valence-electron chi connectivity index (χ1n) is 8.56. The van der Waals surface area contributed by atoms with Gasteiger partial charge in [0.25, 0.3) is 0 Å². The molecule has 1 N–H and O–H groups in total. The molecule has 25 heavy (non-hydrogen) atoms. The predicted molar refractivity (Wildman–Crippen MR) is 101 cm³/mol. The summed E-state index contributed by atoms with van der Waals surface area (Å²) in [6.45, 7) is 2.27. The number of aromatic nitrogens is 1. The maximum Gasteiger partial charge on any atom is 0.244 e. The van der Waals surface area contributed by atoms with Gasteiger partial charge in [0.2, 0.25) is 5.91 Å². The Balaban J connectivity index is 1.60. The molecule has 1 aliphatic carbocycles. The molecule has 0 saturated carbocycles. The number of rotatable bonds is 3. The van der Waals surface area contributed by atoms with E-state index < -0.39 is 0 Å².